The summed E-state index contributed by atoms with van der Waals surface area (Å²) in [7, 11) is 0. The molecule has 1 unspecified atom stereocenters. The lowest BCUT2D eigenvalue weighted by atomic mass is 10.1. The number of nitrogens with zero attached hydrogens (tertiary/aromatic N) is 2. The van der Waals surface area contributed by atoms with Crippen molar-refractivity contribution in [2.75, 3.05) is 0 Å². The van der Waals surface area contributed by atoms with Gasteiger partial charge in [0.05, 0.1) is 0 Å². The highest BCUT2D eigenvalue weighted by Crippen LogP contribution is 2.26. The second-order valence-electron chi connectivity index (χ2n) is 3.13. The van der Waals surface area contributed by atoms with Gasteiger partial charge in [-0.1, -0.05) is 0 Å². The maximum absolute atomic E-state index is 10.9. The van der Waals surface area contributed by atoms with E-state index >= 15 is 0 Å². The first-order chi connectivity index (χ1) is 6.18. The van der Waals surface area contributed by atoms with Crippen LogP contribution in [0.1, 0.15) is 24.7 Å². The summed E-state index contributed by atoms with van der Waals surface area (Å²) < 4.78 is 2.46. The Hall–Kier alpha value is -0.840. The van der Waals surface area contributed by atoms with Gasteiger partial charge in [-0.3, -0.25) is 0 Å². The van der Waals surface area contributed by atoms with Crippen molar-refractivity contribution in [1.29, 1.82) is 0 Å². The molecule has 0 aliphatic carbocycles. The summed E-state index contributed by atoms with van der Waals surface area (Å²) in [6, 6.07) is -0.428. The first kappa shape index (κ1) is 8.74. The van der Waals surface area contributed by atoms with Gasteiger partial charge in [0.15, 0.2) is 0 Å². The quantitative estimate of drug-likeness (QED) is 0.817. The Labute approximate surface area is 83.7 Å². The summed E-state index contributed by atoms with van der Waals surface area (Å²) in [6.07, 6.45) is 4.22. The van der Waals surface area contributed by atoms with Crippen LogP contribution in [0.2, 0.25) is 0 Å². The van der Waals surface area contributed by atoms with Crippen LogP contribution < -0.4 is 0 Å². The molecule has 5 heteroatoms. The molecule has 0 amide bonds. The number of hydrogen-bond acceptors (Lipinski definition) is 2. The number of rotatable bonds is 1. The van der Waals surface area contributed by atoms with Crippen LogP contribution in [0.3, 0.4) is 0 Å². The maximum Gasteiger partial charge on any atom is 0.326 e. The molecule has 0 spiro atoms. The molecule has 70 valence electrons. The number of aliphatic carboxylic acids is 1. The zero-order valence-corrected chi connectivity index (χ0v) is 8.49. The second-order valence-corrected chi connectivity index (χ2v) is 3.95. The minimum absolute atomic E-state index is 0.428. The number of fused-ring (bicyclic) bond motifs is 1. The molecular formula is C8H9BrN2O2. The molecule has 2 rings (SSSR count). The number of carboxylic acids is 1. The lowest BCUT2D eigenvalue weighted by Gasteiger charge is -2.20. The van der Waals surface area contributed by atoms with Gasteiger partial charge in [-0.15, -0.1) is 0 Å². The van der Waals surface area contributed by atoms with Gasteiger partial charge < -0.3 is 9.67 Å². The van der Waals surface area contributed by atoms with Gasteiger partial charge in [0.2, 0.25) is 0 Å². The van der Waals surface area contributed by atoms with E-state index in [2.05, 4.69) is 20.9 Å². The number of aromatic nitrogens is 2. The highest BCUT2D eigenvalue weighted by molar-refractivity contribution is 9.10. The summed E-state index contributed by atoms with van der Waals surface area (Å²) in [6.45, 7) is 0. The Kier molecular flexibility index (Phi) is 2.11. The van der Waals surface area contributed by atoms with Crippen molar-refractivity contribution >= 4 is 21.9 Å². The summed E-state index contributed by atoms with van der Waals surface area (Å²) >= 11 is 3.24. The molecule has 1 aromatic heterocycles. The summed E-state index contributed by atoms with van der Waals surface area (Å²) in [5.74, 6) is 0.0939. The predicted molar refractivity (Wildman–Crippen MR) is 49.5 cm³/mol. The number of aryl methyl sites for hydroxylation is 1. The van der Waals surface area contributed by atoms with Crippen LogP contribution in [0.15, 0.2) is 10.8 Å². The third kappa shape index (κ3) is 1.48. The molecule has 1 aliphatic heterocycles. The second kappa shape index (κ2) is 3.14. The Balaban J connectivity index is 2.41. The minimum atomic E-state index is -0.772. The monoisotopic (exact) mass is 244 g/mol. The van der Waals surface area contributed by atoms with Crippen LogP contribution in [0.5, 0.6) is 0 Å². The van der Waals surface area contributed by atoms with Crippen LogP contribution in [0.25, 0.3) is 0 Å². The largest absolute Gasteiger partial charge is 0.480 e. The molecule has 0 saturated carbocycles. The molecule has 1 aromatic rings. The topological polar surface area (TPSA) is 55.1 Å². The molecular weight excluding hydrogens is 236 g/mol. The Morgan fingerprint density at radius 1 is 1.77 bits per heavy atom. The molecule has 13 heavy (non-hydrogen) atoms. The van der Waals surface area contributed by atoms with E-state index in [1.165, 1.54) is 0 Å². The summed E-state index contributed by atoms with van der Waals surface area (Å²) in [4.78, 5) is 15.1. The average Bonchev–Trinajstić information content (AvgIpc) is 2.43. The lowest BCUT2D eigenvalue weighted by Crippen LogP contribution is -2.24. The van der Waals surface area contributed by atoms with Gasteiger partial charge in [0, 0.05) is 12.6 Å². The third-order valence-electron chi connectivity index (χ3n) is 2.28. The fraction of sp³-hybridized carbons (Fsp3) is 0.500. The highest BCUT2D eigenvalue weighted by Gasteiger charge is 2.26. The molecule has 0 radical (unpaired) electrons. The van der Waals surface area contributed by atoms with Crippen molar-refractivity contribution in [2.24, 2.45) is 0 Å². The van der Waals surface area contributed by atoms with E-state index in [0.717, 1.165) is 23.3 Å². The molecule has 1 atom stereocenters. The van der Waals surface area contributed by atoms with Gasteiger partial charge in [0.25, 0.3) is 0 Å². The van der Waals surface area contributed by atoms with Gasteiger partial charge >= 0.3 is 5.97 Å². The Bertz CT molecular complexity index is 348. The fourth-order valence-electron chi connectivity index (χ4n) is 1.69. The van der Waals surface area contributed by atoms with E-state index in [1.54, 1.807) is 10.8 Å². The standard InChI is InChI=1S/C8H9BrN2O2/c9-6-4-11-5(8(12)13)2-1-3-7(11)10-6/h4-5H,1-3H2,(H,12,13). The molecule has 0 saturated heterocycles. The molecule has 4 nitrogen and oxygen atoms in total. The molecule has 0 bridgehead atoms. The van der Waals surface area contributed by atoms with Crippen LogP contribution in [0.4, 0.5) is 0 Å². The molecule has 1 N–H and O–H groups in total. The summed E-state index contributed by atoms with van der Waals surface area (Å²) in [5.41, 5.74) is 0. The predicted octanol–water partition coefficient (Wildman–Crippen LogP) is 1.61. The van der Waals surface area contributed by atoms with Crippen molar-refractivity contribution in [3.63, 3.8) is 0 Å². The van der Waals surface area contributed by atoms with E-state index in [4.69, 9.17) is 5.11 Å². The highest BCUT2D eigenvalue weighted by atomic mass is 79.9. The SMILES string of the molecule is O=C(O)C1CCCc2nc(Br)cn21. The van der Waals surface area contributed by atoms with E-state index in [0.29, 0.717) is 6.42 Å². The molecule has 0 aromatic carbocycles. The number of halogens is 1. The van der Waals surface area contributed by atoms with Crippen molar-refractivity contribution in [2.45, 2.75) is 25.3 Å². The zero-order valence-electron chi connectivity index (χ0n) is 6.90. The Morgan fingerprint density at radius 3 is 3.23 bits per heavy atom. The average molecular weight is 245 g/mol. The normalized spacial score (nSPS) is 21.2. The zero-order chi connectivity index (χ0) is 9.42. The van der Waals surface area contributed by atoms with Crippen LogP contribution >= 0.6 is 15.9 Å². The van der Waals surface area contributed by atoms with Crippen LogP contribution in [0, 0.1) is 0 Å². The van der Waals surface area contributed by atoms with Gasteiger partial charge in [0.1, 0.15) is 16.5 Å². The van der Waals surface area contributed by atoms with E-state index in [9.17, 15) is 4.79 Å². The first-order valence-corrected chi connectivity index (χ1v) is 4.94. The van der Waals surface area contributed by atoms with E-state index in [1.807, 2.05) is 0 Å². The number of carboxylic acid groups (broad SMARTS) is 1. The lowest BCUT2D eigenvalue weighted by molar-refractivity contribution is -0.141. The maximum atomic E-state index is 10.9. The number of hydrogen-bond donors (Lipinski definition) is 1. The van der Waals surface area contributed by atoms with Crippen molar-refractivity contribution < 1.29 is 9.90 Å². The van der Waals surface area contributed by atoms with Crippen molar-refractivity contribution in [3.05, 3.63) is 16.6 Å². The van der Waals surface area contributed by atoms with Gasteiger partial charge in [-0.2, -0.15) is 0 Å². The van der Waals surface area contributed by atoms with Crippen LogP contribution in [-0.2, 0) is 11.2 Å². The number of imidazole rings is 1. The Morgan fingerprint density at radius 2 is 2.54 bits per heavy atom. The van der Waals surface area contributed by atoms with Gasteiger partial charge in [-0.05, 0) is 28.8 Å². The smallest absolute Gasteiger partial charge is 0.326 e. The third-order valence-corrected chi connectivity index (χ3v) is 2.66. The fourth-order valence-corrected chi connectivity index (χ4v) is 2.11. The molecule has 2 heterocycles. The van der Waals surface area contributed by atoms with Crippen LogP contribution in [-0.4, -0.2) is 20.6 Å². The van der Waals surface area contributed by atoms with Crippen molar-refractivity contribution in [3.8, 4) is 0 Å². The minimum Gasteiger partial charge on any atom is -0.480 e. The van der Waals surface area contributed by atoms with Crippen molar-refractivity contribution in [1.82, 2.24) is 9.55 Å². The van der Waals surface area contributed by atoms with E-state index < -0.39 is 12.0 Å². The van der Waals surface area contributed by atoms with Gasteiger partial charge in [-0.25, -0.2) is 9.78 Å². The molecule has 0 fully saturated rings. The number of carbonyl (C=O) groups is 1. The first-order valence-electron chi connectivity index (χ1n) is 4.14. The summed E-state index contributed by atoms with van der Waals surface area (Å²) in [5, 5.41) is 8.93. The molecule has 1 aliphatic rings. The van der Waals surface area contributed by atoms with E-state index in [-0.39, 0.29) is 0 Å².